The minimum absolute atomic E-state index is 0.175. The maximum Gasteiger partial charge on any atom is 0.410 e. The molecule has 1 saturated carbocycles. The molecule has 4 aliphatic rings. The van der Waals surface area contributed by atoms with Gasteiger partial charge in [0.15, 0.2) is 0 Å². The molecule has 0 bridgehead atoms. The number of amides is 3. The quantitative estimate of drug-likeness (QED) is 0.585. The normalized spacial score (nSPS) is 24.4. The van der Waals surface area contributed by atoms with Crippen LogP contribution in [-0.4, -0.2) is 88.4 Å². The van der Waals surface area contributed by atoms with Gasteiger partial charge < -0.3 is 14.5 Å². The van der Waals surface area contributed by atoms with Crippen LogP contribution in [0.3, 0.4) is 0 Å². The summed E-state index contributed by atoms with van der Waals surface area (Å²) in [5.74, 6) is -0.836. The molecule has 10 heteroatoms. The van der Waals surface area contributed by atoms with Crippen molar-refractivity contribution in [1.29, 1.82) is 0 Å². The average Bonchev–Trinajstić information content (AvgIpc) is 3.22. The topological polar surface area (TPSA) is 100 Å². The maximum atomic E-state index is 12.5. The number of carbonyl (C=O) groups is 3. The fraction of sp³-hybridized carbons (Fsp3) is 0.667. The lowest BCUT2D eigenvalue weighted by Crippen LogP contribution is -2.59. The molecule has 4 heterocycles. The zero-order valence-electron chi connectivity index (χ0n) is 24.2. The second-order valence-corrected chi connectivity index (χ2v) is 13.3. The molecule has 3 aliphatic heterocycles. The van der Waals surface area contributed by atoms with E-state index in [-0.39, 0.29) is 23.8 Å². The first-order valence-electron chi connectivity index (χ1n) is 14.8. The van der Waals surface area contributed by atoms with E-state index < -0.39 is 5.60 Å². The number of hydrogen-bond acceptors (Lipinski definition) is 7. The third kappa shape index (κ3) is 5.18. The van der Waals surface area contributed by atoms with Crippen molar-refractivity contribution < 1.29 is 19.1 Å². The lowest BCUT2D eigenvalue weighted by molar-refractivity contribution is -0.134. The van der Waals surface area contributed by atoms with E-state index in [1.54, 1.807) is 0 Å². The minimum Gasteiger partial charge on any atom is -0.444 e. The van der Waals surface area contributed by atoms with Crippen molar-refractivity contribution in [3.63, 3.8) is 0 Å². The second-order valence-electron chi connectivity index (χ2n) is 13.3. The Morgan fingerprint density at radius 2 is 1.75 bits per heavy atom. The van der Waals surface area contributed by atoms with Crippen molar-refractivity contribution in [2.45, 2.75) is 76.9 Å². The summed E-state index contributed by atoms with van der Waals surface area (Å²) in [6.07, 6.45) is 5.31. The second kappa shape index (κ2) is 10.0. The van der Waals surface area contributed by atoms with E-state index in [2.05, 4.69) is 38.4 Å². The maximum absolute atomic E-state index is 12.5. The van der Waals surface area contributed by atoms with Gasteiger partial charge in [0.1, 0.15) is 5.60 Å². The van der Waals surface area contributed by atoms with Gasteiger partial charge in [-0.15, -0.1) is 0 Å². The van der Waals surface area contributed by atoms with Crippen LogP contribution < -0.4 is 10.2 Å². The fourth-order valence-corrected chi connectivity index (χ4v) is 7.12. The molecule has 1 aliphatic carbocycles. The van der Waals surface area contributed by atoms with Crippen LogP contribution in [0.5, 0.6) is 0 Å². The third-order valence-corrected chi connectivity index (χ3v) is 9.44. The minimum atomic E-state index is -0.446. The number of benzene rings is 1. The van der Waals surface area contributed by atoms with Crippen LogP contribution in [0.4, 0.5) is 10.5 Å². The highest BCUT2D eigenvalue weighted by atomic mass is 16.6. The number of likely N-dealkylation sites (tertiary alicyclic amines) is 1. The van der Waals surface area contributed by atoms with Crippen LogP contribution in [-0.2, 0) is 21.4 Å². The van der Waals surface area contributed by atoms with Crippen LogP contribution in [0.25, 0.3) is 10.9 Å². The number of nitrogens with zero attached hydrogens (tertiary/aromatic N) is 5. The molecule has 3 saturated heterocycles. The molecule has 1 N–H and O–H groups in total. The monoisotopic (exact) mass is 550 g/mol. The van der Waals surface area contributed by atoms with Gasteiger partial charge >= 0.3 is 6.09 Å². The Morgan fingerprint density at radius 3 is 2.40 bits per heavy atom. The lowest BCUT2D eigenvalue weighted by Gasteiger charge is -2.56. The zero-order valence-corrected chi connectivity index (χ0v) is 24.2. The molecule has 1 atom stereocenters. The molecule has 40 heavy (non-hydrogen) atoms. The molecule has 4 fully saturated rings. The van der Waals surface area contributed by atoms with E-state index in [1.807, 2.05) is 37.4 Å². The molecular weight excluding hydrogens is 508 g/mol. The average molecular weight is 551 g/mol. The summed E-state index contributed by atoms with van der Waals surface area (Å²) in [5, 5.41) is 8.13. The smallest absolute Gasteiger partial charge is 0.410 e. The number of aryl methyl sites for hydroxylation is 1. The summed E-state index contributed by atoms with van der Waals surface area (Å²) in [6.45, 7) is 11.4. The Bertz CT molecular complexity index is 1310. The predicted molar refractivity (Wildman–Crippen MR) is 152 cm³/mol. The molecule has 3 amide bonds. The van der Waals surface area contributed by atoms with Crippen LogP contribution in [0, 0.1) is 5.41 Å². The Kier molecular flexibility index (Phi) is 6.79. The molecule has 2 aromatic rings. The molecule has 0 radical (unpaired) electrons. The van der Waals surface area contributed by atoms with E-state index in [0.717, 1.165) is 68.7 Å². The summed E-state index contributed by atoms with van der Waals surface area (Å²) in [7, 11) is 1.92. The number of fused-ring (bicyclic) bond motifs is 1. The molecule has 1 unspecified atom stereocenters. The highest BCUT2D eigenvalue weighted by Crippen LogP contribution is 2.51. The number of nitrogens with one attached hydrogen (secondary N) is 1. The van der Waals surface area contributed by atoms with Gasteiger partial charge in [-0.25, -0.2) is 4.79 Å². The number of aromatic nitrogens is 2. The van der Waals surface area contributed by atoms with Gasteiger partial charge in [-0.05, 0) is 76.5 Å². The van der Waals surface area contributed by atoms with Crippen molar-refractivity contribution in [1.82, 2.24) is 24.9 Å². The summed E-state index contributed by atoms with van der Waals surface area (Å²) < 4.78 is 7.43. The Balaban J connectivity index is 1.02. The molecule has 216 valence electrons. The Morgan fingerprint density at radius 1 is 1.05 bits per heavy atom. The van der Waals surface area contributed by atoms with Gasteiger partial charge in [0.05, 0.1) is 17.1 Å². The van der Waals surface area contributed by atoms with E-state index in [9.17, 15) is 14.4 Å². The molecular formula is C30H42N6O4. The summed E-state index contributed by atoms with van der Waals surface area (Å²) in [6, 6.07) is 7.06. The number of piperidine rings is 2. The number of hydrogen-bond donors (Lipinski definition) is 1. The highest BCUT2D eigenvalue weighted by molar-refractivity contribution is 6.02. The highest BCUT2D eigenvalue weighted by Gasteiger charge is 2.48. The number of rotatable bonds is 3. The molecule has 1 spiro atoms. The molecule has 6 rings (SSSR count). The van der Waals surface area contributed by atoms with Crippen molar-refractivity contribution in [3.05, 3.63) is 23.9 Å². The van der Waals surface area contributed by atoms with Gasteiger partial charge in [0, 0.05) is 69.9 Å². The molecule has 1 aromatic carbocycles. The van der Waals surface area contributed by atoms with Gasteiger partial charge in [0.25, 0.3) is 0 Å². The van der Waals surface area contributed by atoms with Crippen LogP contribution in [0.15, 0.2) is 18.2 Å². The van der Waals surface area contributed by atoms with E-state index in [4.69, 9.17) is 4.74 Å². The van der Waals surface area contributed by atoms with Gasteiger partial charge in [-0.1, -0.05) is 0 Å². The zero-order chi connectivity index (χ0) is 28.2. The van der Waals surface area contributed by atoms with E-state index in [1.165, 1.54) is 18.5 Å². The first-order valence-corrected chi connectivity index (χ1v) is 14.8. The first kappa shape index (κ1) is 27.1. The van der Waals surface area contributed by atoms with E-state index in [0.29, 0.717) is 24.3 Å². The SMILES string of the molecule is Cn1nc(C2CCC(=O)NC2=O)c2ccc(N3CCN(C4CC5(CCN(C(=O)OC(C)(C)C)CC5)C4)CC3)cc21. The standard InChI is InChI=1S/C30H42N6O4/c1-29(2,3)40-28(39)36-11-9-30(10-12-36)18-21(19-30)35-15-13-34(14-16-35)20-5-6-22-24(17-20)33(4)32-26(22)23-7-8-25(37)31-27(23)38/h5-6,17,21,23H,7-16,18-19H2,1-4H3,(H,31,37,38). The van der Waals surface area contributed by atoms with Crippen LogP contribution >= 0.6 is 0 Å². The molecule has 1 aromatic heterocycles. The van der Waals surface area contributed by atoms with Crippen molar-refractivity contribution in [3.8, 4) is 0 Å². The number of anilines is 1. The van der Waals surface area contributed by atoms with Crippen molar-refractivity contribution in [2.75, 3.05) is 44.2 Å². The van der Waals surface area contributed by atoms with Crippen molar-refractivity contribution >= 4 is 34.5 Å². The molecule has 10 nitrogen and oxygen atoms in total. The van der Waals surface area contributed by atoms with E-state index >= 15 is 0 Å². The summed E-state index contributed by atoms with van der Waals surface area (Å²) >= 11 is 0. The number of piperazine rings is 1. The van der Waals surface area contributed by atoms with Gasteiger partial charge in [-0.3, -0.25) is 24.5 Å². The predicted octanol–water partition coefficient (Wildman–Crippen LogP) is 3.40. The largest absolute Gasteiger partial charge is 0.444 e. The van der Waals surface area contributed by atoms with Crippen LogP contribution in [0.2, 0.25) is 0 Å². The Labute approximate surface area is 236 Å². The van der Waals surface area contributed by atoms with Gasteiger partial charge in [-0.2, -0.15) is 5.10 Å². The van der Waals surface area contributed by atoms with Crippen LogP contribution in [0.1, 0.15) is 70.9 Å². The first-order chi connectivity index (χ1) is 19.0. The van der Waals surface area contributed by atoms with Gasteiger partial charge in [0.2, 0.25) is 11.8 Å². The Hall–Kier alpha value is -3.14. The summed E-state index contributed by atoms with van der Waals surface area (Å²) in [4.78, 5) is 43.5. The lowest BCUT2D eigenvalue weighted by atomic mass is 9.60. The number of ether oxygens (including phenoxy) is 1. The van der Waals surface area contributed by atoms with Crippen molar-refractivity contribution in [2.24, 2.45) is 12.5 Å². The number of carbonyl (C=O) groups excluding carboxylic acids is 3. The third-order valence-electron chi connectivity index (χ3n) is 9.44. The fourth-order valence-electron chi connectivity index (χ4n) is 7.12. The summed E-state index contributed by atoms with van der Waals surface area (Å²) in [5.41, 5.74) is 2.90. The number of imide groups is 1.